The first-order valence-corrected chi connectivity index (χ1v) is 7.84. The number of nitrogens with zero attached hydrogens (tertiary/aromatic N) is 1. The summed E-state index contributed by atoms with van der Waals surface area (Å²) in [7, 11) is -6.61. The molecule has 5 nitrogen and oxygen atoms in total. The number of aliphatic hydroxyl groups is 1. The van der Waals surface area contributed by atoms with Crippen LogP contribution in [-0.2, 0) is 14.8 Å². The Bertz CT molecular complexity index is 535. The Kier molecular flexibility index (Phi) is 7.58. The normalized spacial score (nSPS) is 15.0. The zero-order valence-corrected chi connectivity index (χ0v) is 13.3. The molecule has 0 spiro atoms. The van der Waals surface area contributed by atoms with Gasteiger partial charge in [0.1, 0.15) is 0 Å². The van der Waals surface area contributed by atoms with Gasteiger partial charge in [0.25, 0.3) is 10.0 Å². The Hall–Kier alpha value is -0.800. The van der Waals surface area contributed by atoms with Crippen molar-refractivity contribution in [1.29, 1.82) is 0 Å². The van der Waals surface area contributed by atoms with E-state index < -0.39 is 63.9 Å². The number of sulfonamides is 1. The Morgan fingerprint density at radius 3 is 1.76 bits per heavy atom. The summed E-state index contributed by atoms with van der Waals surface area (Å²) < 4.78 is 142. The van der Waals surface area contributed by atoms with E-state index in [0.29, 0.717) is 0 Å². The van der Waals surface area contributed by atoms with Gasteiger partial charge in [0.05, 0.1) is 19.8 Å². The van der Waals surface area contributed by atoms with Crippen molar-refractivity contribution < 1.29 is 57.8 Å². The molecule has 0 radical (unpaired) electrons. The highest BCUT2D eigenvalue weighted by Gasteiger charge is 2.85. The second-order valence-electron chi connectivity index (χ2n) is 4.50. The van der Waals surface area contributed by atoms with Crippen LogP contribution in [0.4, 0.5) is 39.5 Å². The lowest BCUT2D eigenvalue weighted by Crippen LogP contribution is -2.65. The molecule has 0 rings (SSSR count). The standard InChI is InChI=1S/C10H14F9NO4S/c1-2-20(3-5-24-6-4-21)25(22,23)10(18,19)8(13,14)7(11,12)9(15,16)17/h21H,2-6H2,1H3. The number of hydrogen-bond acceptors (Lipinski definition) is 4. The molecule has 0 aliphatic carbocycles. The molecule has 0 saturated carbocycles. The van der Waals surface area contributed by atoms with Crippen LogP contribution in [0.2, 0.25) is 0 Å². The second-order valence-corrected chi connectivity index (χ2v) is 6.48. The van der Waals surface area contributed by atoms with Crippen molar-refractivity contribution in [2.45, 2.75) is 30.2 Å². The van der Waals surface area contributed by atoms with E-state index in [1.54, 1.807) is 0 Å². The fraction of sp³-hybridized carbons (Fsp3) is 1.00. The number of aliphatic hydroxyl groups excluding tert-OH is 1. The largest absolute Gasteiger partial charge is 0.460 e. The predicted octanol–water partition coefficient (Wildman–Crippen LogP) is 2.07. The lowest BCUT2D eigenvalue weighted by Gasteiger charge is -2.35. The molecular weight excluding hydrogens is 401 g/mol. The molecule has 0 atom stereocenters. The Labute approximate surface area is 136 Å². The van der Waals surface area contributed by atoms with Gasteiger partial charge in [-0.1, -0.05) is 6.92 Å². The maximum Gasteiger partial charge on any atom is 0.460 e. The lowest BCUT2D eigenvalue weighted by molar-refractivity contribution is -0.382. The van der Waals surface area contributed by atoms with Gasteiger partial charge in [-0.25, -0.2) is 8.42 Å². The number of ether oxygens (including phenoxy) is 1. The predicted molar refractivity (Wildman–Crippen MR) is 65.0 cm³/mol. The first kappa shape index (κ1) is 24.2. The van der Waals surface area contributed by atoms with Crippen LogP contribution in [0.5, 0.6) is 0 Å². The third-order valence-electron chi connectivity index (χ3n) is 2.85. The average molecular weight is 415 g/mol. The number of alkyl halides is 9. The SMILES string of the molecule is CCN(CCOCCO)S(=O)(=O)C(F)(F)C(F)(F)C(F)(F)C(F)(F)F. The van der Waals surface area contributed by atoms with E-state index in [0.717, 1.165) is 6.92 Å². The van der Waals surface area contributed by atoms with Crippen molar-refractivity contribution in [2.75, 3.05) is 32.9 Å². The second kappa shape index (κ2) is 7.84. The first-order chi connectivity index (χ1) is 11.0. The van der Waals surface area contributed by atoms with Crippen LogP contribution < -0.4 is 0 Å². The molecule has 0 amide bonds. The van der Waals surface area contributed by atoms with E-state index in [9.17, 15) is 47.9 Å². The molecular formula is C10H14F9NO4S. The van der Waals surface area contributed by atoms with Crippen molar-refractivity contribution in [2.24, 2.45) is 0 Å². The molecule has 25 heavy (non-hydrogen) atoms. The lowest BCUT2D eigenvalue weighted by atomic mass is 10.1. The van der Waals surface area contributed by atoms with Gasteiger partial charge in [-0.05, 0) is 0 Å². The topological polar surface area (TPSA) is 66.8 Å². The van der Waals surface area contributed by atoms with Crippen molar-refractivity contribution in [3.8, 4) is 0 Å². The smallest absolute Gasteiger partial charge is 0.394 e. The summed E-state index contributed by atoms with van der Waals surface area (Å²) in [4.78, 5) is 0. The van der Waals surface area contributed by atoms with Gasteiger partial charge < -0.3 is 9.84 Å². The average Bonchev–Trinajstić information content (AvgIpc) is 2.45. The van der Waals surface area contributed by atoms with Crippen molar-refractivity contribution in [3.05, 3.63) is 0 Å². The third kappa shape index (κ3) is 4.31. The van der Waals surface area contributed by atoms with Crippen molar-refractivity contribution >= 4 is 10.0 Å². The number of rotatable bonds is 10. The molecule has 0 aliphatic rings. The fourth-order valence-corrected chi connectivity index (χ4v) is 2.90. The Morgan fingerprint density at radius 2 is 1.40 bits per heavy atom. The minimum Gasteiger partial charge on any atom is -0.394 e. The molecule has 0 aromatic rings. The zero-order valence-electron chi connectivity index (χ0n) is 12.5. The van der Waals surface area contributed by atoms with Crippen LogP contribution in [0.25, 0.3) is 0 Å². The molecule has 0 fully saturated rings. The molecule has 0 aliphatic heterocycles. The monoisotopic (exact) mass is 415 g/mol. The van der Waals surface area contributed by atoms with Gasteiger partial charge >= 0.3 is 23.3 Å². The van der Waals surface area contributed by atoms with E-state index in [4.69, 9.17) is 5.11 Å². The van der Waals surface area contributed by atoms with Crippen LogP contribution in [0.1, 0.15) is 6.92 Å². The highest BCUT2D eigenvalue weighted by atomic mass is 32.2. The number of likely N-dealkylation sites (N-methyl/N-ethyl adjacent to an activating group) is 1. The minimum absolute atomic E-state index is 0.379. The molecule has 0 bridgehead atoms. The summed E-state index contributed by atoms with van der Waals surface area (Å²) in [5.74, 6) is -14.6. The summed E-state index contributed by atoms with van der Waals surface area (Å²) in [6.45, 7) is -2.75. The van der Waals surface area contributed by atoms with E-state index in [2.05, 4.69) is 4.74 Å². The van der Waals surface area contributed by atoms with E-state index in [1.807, 2.05) is 0 Å². The number of hydrogen-bond donors (Lipinski definition) is 1. The van der Waals surface area contributed by atoms with Gasteiger partial charge in [0.2, 0.25) is 0 Å². The number of halogens is 9. The fourth-order valence-electron chi connectivity index (χ4n) is 1.47. The van der Waals surface area contributed by atoms with Crippen molar-refractivity contribution in [3.63, 3.8) is 0 Å². The maximum absolute atomic E-state index is 13.6. The Balaban J connectivity index is 5.78. The van der Waals surface area contributed by atoms with E-state index in [1.165, 1.54) is 0 Å². The van der Waals surface area contributed by atoms with Gasteiger partial charge in [0.15, 0.2) is 0 Å². The molecule has 152 valence electrons. The summed E-state index contributed by atoms with van der Waals surface area (Å²) in [6, 6.07) is 0. The van der Waals surface area contributed by atoms with Crippen LogP contribution in [0.15, 0.2) is 0 Å². The Morgan fingerprint density at radius 1 is 0.920 bits per heavy atom. The zero-order chi connectivity index (χ0) is 20.3. The van der Waals surface area contributed by atoms with Gasteiger partial charge in [-0.3, -0.25) is 0 Å². The van der Waals surface area contributed by atoms with Crippen molar-refractivity contribution in [1.82, 2.24) is 4.31 Å². The summed E-state index contributed by atoms with van der Waals surface area (Å²) in [6.07, 6.45) is -7.11. The first-order valence-electron chi connectivity index (χ1n) is 6.40. The highest BCUT2D eigenvalue weighted by Crippen LogP contribution is 2.55. The molecule has 15 heteroatoms. The third-order valence-corrected chi connectivity index (χ3v) is 4.88. The van der Waals surface area contributed by atoms with Crippen LogP contribution in [-0.4, -0.2) is 74.0 Å². The minimum atomic E-state index is -7.30. The molecule has 0 unspecified atom stereocenters. The van der Waals surface area contributed by atoms with Crippen LogP contribution in [0.3, 0.4) is 0 Å². The molecule has 1 N–H and O–H groups in total. The molecule has 0 heterocycles. The molecule has 0 aromatic carbocycles. The molecule has 0 aromatic heterocycles. The van der Waals surface area contributed by atoms with Crippen LogP contribution >= 0.6 is 0 Å². The molecule has 0 saturated heterocycles. The summed E-state index contributed by atoms with van der Waals surface area (Å²) >= 11 is 0. The summed E-state index contributed by atoms with van der Waals surface area (Å²) in [5, 5.41) is 1.63. The van der Waals surface area contributed by atoms with Gasteiger partial charge in [-0.2, -0.15) is 43.8 Å². The highest BCUT2D eigenvalue weighted by molar-refractivity contribution is 7.90. The van der Waals surface area contributed by atoms with Gasteiger partial charge in [0, 0.05) is 13.1 Å². The van der Waals surface area contributed by atoms with E-state index in [-0.39, 0.29) is 6.61 Å². The van der Waals surface area contributed by atoms with E-state index >= 15 is 0 Å². The quantitative estimate of drug-likeness (QED) is 0.438. The van der Waals surface area contributed by atoms with Gasteiger partial charge in [-0.15, -0.1) is 0 Å². The maximum atomic E-state index is 13.6. The summed E-state index contributed by atoms with van der Waals surface area (Å²) in [5.41, 5.74) is 0. The van der Waals surface area contributed by atoms with Crippen LogP contribution in [0, 0.1) is 0 Å².